The van der Waals surface area contributed by atoms with Gasteiger partial charge in [0.2, 0.25) is 5.91 Å². The molecule has 0 bridgehead atoms. The van der Waals surface area contributed by atoms with Crippen LogP contribution in [0, 0.1) is 0 Å². The first kappa shape index (κ1) is 17.0. The fraction of sp³-hybridized carbons (Fsp3) is 0.238. The highest BCUT2D eigenvalue weighted by Crippen LogP contribution is 2.32. The fourth-order valence-electron chi connectivity index (χ4n) is 3.33. The second-order valence-electron chi connectivity index (χ2n) is 6.45. The van der Waals surface area contributed by atoms with Crippen LogP contribution in [-0.4, -0.2) is 23.3 Å². The summed E-state index contributed by atoms with van der Waals surface area (Å²) < 4.78 is 0. The molecule has 1 heterocycles. The van der Waals surface area contributed by atoms with Crippen LogP contribution >= 0.6 is 0 Å². The van der Waals surface area contributed by atoms with Gasteiger partial charge >= 0.3 is 0 Å². The molecule has 2 aromatic carbocycles. The number of hydrogen-bond acceptors (Lipinski definition) is 3. The number of hydrogen-bond donors (Lipinski definition) is 2. The van der Waals surface area contributed by atoms with E-state index in [-0.39, 0.29) is 11.7 Å². The maximum Gasteiger partial charge on any atom is 0.217 e. The van der Waals surface area contributed by atoms with Crippen molar-refractivity contribution in [2.24, 2.45) is 10.7 Å². The number of amides is 1. The lowest BCUT2D eigenvalue weighted by Gasteiger charge is -2.14. The summed E-state index contributed by atoms with van der Waals surface area (Å²) in [6.45, 7) is 4.87. The van der Waals surface area contributed by atoms with Crippen LogP contribution in [0.2, 0.25) is 0 Å². The monoisotopic (exact) mass is 334 g/mol. The molecule has 4 heteroatoms. The van der Waals surface area contributed by atoms with Crippen LogP contribution in [0.25, 0.3) is 16.7 Å². The van der Waals surface area contributed by atoms with Crippen molar-refractivity contribution in [2.75, 3.05) is 6.54 Å². The van der Waals surface area contributed by atoms with Crippen LogP contribution in [0.1, 0.15) is 31.4 Å². The summed E-state index contributed by atoms with van der Waals surface area (Å²) in [5, 5.41) is 9.78. The van der Waals surface area contributed by atoms with E-state index in [9.17, 15) is 9.90 Å². The Balaban J connectivity index is 2.08. The molecule has 0 radical (unpaired) electrons. The predicted molar refractivity (Wildman–Crippen MR) is 102 cm³/mol. The van der Waals surface area contributed by atoms with Gasteiger partial charge in [0, 0.05) is 17.7 Å². The molecule has 0 atom stereocenters. The van der Waals surface area contributed by atoms with E-state index in [0.29, 0.717) is 12.8 Å². The molecule has 0 aromatic heterocycles. The minimum Gasteiger partial charge on any atom is -0.508 e. The summed E-state index contributed by atoms with van der Waals surface area (Å²) in [5.41, 5.74) is 12.9. The van der Waals surface area contributed by atoms with E-state index in [1.807, 2.05) is 25.1 Å². The molecule has 3 rings (SSSR count). The Hall–Kier alpha value is -2.88. The molecule has 0 fully saturated rings. The Labute approximate surface area is 147 Å². The molecule has 0 saturated heterocycles. The molecule has 2 aromatic rings. The van der Waals surface area contributed by atoms with Gasteiger partial charge in [-0.2, -0.15) is 0 Å². The van der Waals surface area contributed by atoms with Crippen LogP contribution in [0.5, 0.6) is 5.75 Å². The molecular formula is C21H22N2O2. The van der Waals surface area contributed by atoms with Gasteiger partial charge in [-0.3, -0.25) is 9.79 Å². The largest absolute Gasteiger partial charge is 0.508 e. The summed E-state index contributed by atoms with van der Waals surface area (Å²) in [5.74, 6) is -0.0963. The number of phenols is 1. The van der Waals surface area contributed by atoms with Crippen LogP contribution < -0.4 is 5.73 Å². The van der Waals surface area contributed by atoms with E-state index in [2.05, 4.69) is 24.0 Å². The van der Waals surface area contributed by atoms with Crippen molar-refractivity contribution < 1.29 is 9.90 Å². The molecule has 1 aliphatic heterocycles. The Kier molecular flexibility index (Phi) is 4.70. The molecule has 1 amide bonds. The number of primary amides is 1. The highest BCUT2D eigenvalue weighted by molar-refractivity contribution is 6.25. The van der Waals surface area contributed by atoms with E-state index in [1.165, 1.54) is 11.1 Å². The molecule has 0 aliphatic carbocycles. The van der Waals surface area contributed by atoms with Gasteiger partial charge in [0.05, 0.1) is 6.54 Å². The fourth-order valence-corrected chi connectivity index (χ4v) is 3.33. The Morgan fingerprint density at radius 3 is 2.60 bits per heavy atom. The molecule has 0 unspecified atom stereocenters. The van der Waals surface area contributed by atoms with Crippen molar-refractivity contribution in [3.8, 4) is 16.9 Å². The number of allylic oxidation sites excluding steroid dienone is 1. The van der Waals surface area contributed by atoms with E-state index < -0.39 is 0 Å². The number of nitrogens with zero attached hydrogens (tertiary/aromatic N) is 1. The zero-order valence-corrected chi connectivity index (χ0v) is 14.5. The third-order valence-corrected chi connectivity index (χ3v) is 4.53. The number of rotatable bonds is 5. The summed E-state index contributed by atoms with van der Waals surface area (Å²) in [4.78, 5) is 15.8. The van der Waals surface area contributed by atoms with E-state index >= 15 is 0 Å². The van der Waals surface area contributed by atoms with Gasteiger partial charge in [-0.25, -0.2) is 0 Å². The van der Waals surface area contributed by atoms with Crippen molar-refractivity contribution in [1.29, 1.82) is 0 Å². The first-order chi connectivity index (χ1) is 12.0. The molecule has 3 N–H and O–H groups in total. The maximum atomic E-state index is 11.3. The van der Waals surface area contributed by atoms with Gasteiger partial charge < -0.3 is 10.8 Å². The van der Waals surface area contributed by atoms with Gasteiger partial charge in [-0.1, -0.05) is 30.3 Å². The standard InChI is InChI=1S/C21H22N2O2/c1-13-12-23-14(2)21(13)17-6-8-19(15-4-3-5-18(24)11-15)16(10-17)7-9-20(22)25/h3-6,8,10-11,24H,7,9,12H2,1-2H3,(H2,22,25). The van der Waals surface area contributed by atoms with Gasteiger partial charge in [-0.05, 0) is 60.2 Å². The number of aromatic hydroxyl groups is 1. The Bertz CT molecular complexity index is 895. The smallest absolute Gasteiger partial charge is 0.217 e. The number of benzene rings is 2. The number of aryl methyl sites for hydroxylation is 1. The van der Waals surface area contributed by atoms with Gasteiger partial charge in [-0.15, -0.1) is 0 Å². The zero-order chi connectivity index (χ0) is 18.0. The van der Waals surface area contributed by atoms with Crippen molar-refractivity contribution >= 4 is 17.2 Å². The van der Waals surface area contributed by atoms with Gasteiger partial charge in [0.1, 0.15) is 5.75 Å². The predicted octanol–water partition coefficient (Wildman–Crippen LogP) is 3.73. The Morgan fingerprint density at radius 2 is 1.96 bits per heavy atom. The maximum absolute atomic E-state index is 11.3. The lowest BCUT2D eigenvalue weighted by atomic mass is 9.90. The number of carbonyl (C=O) groups excluding carboxylic acids is 1. The van der Waals surface area contributed by atoms with Crippen LogP contribution in [0.15, 0.2) is 53.0 Å². The minimum absolute atomic E-state index is 0.222. The van der Waals surface area contributed by atoms with E-state index in [1.54, 1.807) is 12.1 Å². The third-order valence-electron chi connectivity index (χ3n) is 4.53. The van der Waals surface area contributed by atoms with Crippen molar-refractivity contribution in [3.63, 3.8) is 0 Å². The number of phenolic OH excluding ortho intramolecular Hbond substituents is 1. The SMILES string of the molecule is CC1=NCC(C)=C1c1ccc(-c2cccc(O)c2)c(CCC(N)=O)c1. The first-order valence-corrected chi connectivity index (χ1v) is 8.38. The van der Waals surface area contributed by atoms with E-state index in [4.69, 9.17) is 5.73 Å². The van der Waals surface area contributed by atoms with E-state index in [0.717, 1.165) is 34.5 Å². The van der Waals surface area contributed by atoms with Crippen molar-refractivity contribution in [2.45, 2.75) is 26.7 Å². The highest BCUT2D eigenvalue weighted by atomic mass is 16.3. The molecule has 4 nitrogen and oxygen atoms in total. The van der Waals surface area contributed by atoms with Crippen molar-refractivity contribution in [1.82, 2.24) is 0 Å². The number of carbonyl (C=O) groups is 1. The normalized spacial score (nSPS) is 13.9. The highest BCUT2D eigenvalue weighted by Gasteiger charge is 2.17. The molecular weight excluding hydrogens is 312 g/mol. The topological polar surface area (TPSA) is 75.7 Å². The second kappa shape index (κ2) is 6.93. The third kappa shape index (κ3) is 3.63. The minimum atomic E-state index is -0.318. The molecule has 25 heavy (non-hydrogen) atoms. The lowest BCUT2D eigenvalue weighted by molar-refractivity contribution is -0.117. The molecule has 0 saturated carbocycles. The first-order valence-electron chi connectivity index (χ1n) is 8.38. The summed E-state index contributed by atoms with van der Waals surface area (Å²) in [6.07, 6.45) is 0.858. The number of aliphatic imine (C=N–C) groups is 1. The average molecular weight is 334 g/mol. The molecule has 128 valence electrons. The molecule has 0 spiro atoms. The lowest BCUT2D eigenvalue weighted by Crippen LogP contribution is -2.11. The quantitative estimate of drug-likeness (QED) is 0.874. The van der Waals surface area contributed by atoms with Crippen LogP contribution in [-0.2, 0) is 11.2 Å². The molecule has 1 aliphatic rings. The summed E-state index contributed by atoms with van der Waals surface area (Å²) in [7, 11) is 0. The number of nitrogens with two attached hydrogens (primary N) is 1. The Morgan fingerprint density at radius 1 is 1.16 bits per heavy atom. The summed E-state index contributed by atoms with van der Waals surface area (Å²) in [6, 6.07) is 13.4. The second-order valence-corrected chi connectivity index (χ2v) is 6.45. The van der Waals surface area contributed by atoms with Gasteiger partial charge in [0.25, 0.3) is 0 Å². The van der Waals surface area contributed by atoms with Crippen LogP contribution in [0.4, 0.5) is 0 Å². The van der Waals surface area contributed by atoms with Gasteiger partial charge in [0.15, 0.2) is 0 Å². The van der Waals surface area contributed by atoms with Crippen molar-refractivity contribution in [3.05, 3.63) is 59.2 Å². The zero-order valence-electron chi connectivity index (χ0n) is 14.5. The summed E-state index contributed by atoms with van der Waals surface area (Å²) >= 11 is 0. The average Bonchev–Trinajstić information content (AvgIpc) is 2.91. The van der Waals surface area contributed by atoms with Crippen LogP contribution in [0.3, 0.4) is 0 Å².